The number of nitriles is 1. The van der Waals surface area contributed by atoms with Gasteiger partial charge < -0.3 is 18.2 Å². The lowest BCUT2D eigenvalue weighted by molar-refractivity contribution is -0.689. The molecule has 8 aromatic rings. The topological polar surface area (TPSA) is 268 Å². The van der Waals surface area contributed by atoms with Gasteiger partial charge in [-0.15, -0.1) is 0 Å². The molecule has 0 spiro atoms. The van der Waals surface area contributed by atoms with Gasteiger partial charge in [0, 0.05) is 69.0 Å². The molecule has 4 aromatic carbocycles. The lowest BCUT2D eigenvalue weighted by Gasteiger charge is -2.27. The first kappa shape index (κ1) is 74.3. The van der Waals surface area contributed by atoms with Crippen molar-refractivity contribution in [3.63, 3.8) is 0 Å². The number of fused-ring (bicyclic) bond motifs is 18. The summed E-state index contributed by atoms with van der Waals surface area (Å²) in [6.45, 7) is 19.5. The summed E-state index contributed by atoms with van der Waals surface area (Å²) in [5.74, 6) is 0. The van der Waals surface area contributed by atoms with Crippen LogP contribution < -0.4 is 18.3 Å². The third-order valence-corrected chi connectivity index (χ3v) is 17.7. The highest BCUT2D eigenvalue weighted by Gasteiger charge is 2.42. The van der Waals surface area contributed by atoms with Crippen molar-refractivity contribution in [2.75, 3.05) is 0 Å². The minimum absolute atomic E-state index is 1.06. The van der Waals surface area contributed by atoms with Gasteiger partial charge in [0.15, 0.2) is 91.4 Å². The van der Waals surface area contributed by atoms with Gasteiger partial charge in [-0.05, 0) is 120 Å². The Balaban J connectivity index is 0.000000198. The molecular formula is C60H55F12N5O12S4. The summed E-state index contributed by atoms with van der Waals surface area (Å²) in [6, 6.07) is 33.3. The van der Waals surface area contributed by atoms with Gasteiger partial charge in [-0.2, -0.15) is 76.2 Å². The number of aryl methyl sites for hydroxylation is 6. The Hall–Kier alpha value is -7.71. The van der Waals surface area contributed by atoms with E-state index in [-0.39, 0.29) is 0 Å². The van der Waals surface area contributed by atoms with Gasteiger partial charge in [-0.3, -0.25) is 0 Å². The van der Waals surface area contributed by atoms with Gasteiger partial charge >= 0.3 is 22.0 Å². The summed E-state index contributed by atoms with van der Waals surface area (Å²) >= 11 is 0. The number of nitrogens with zero attached hydrogens (tertiary/aromatic N) is 5. The molecule has 0 atom stereocenters. The van der Waals surface area contributed by atoms with Crippen molar-refractivity contribution >= 4 is 62.0 Å². The molecule has 4 aliphatic rings. The number of benzene rings is 4. The smallest absolute Gasteiger partial charge is 0.485 e. The first-order valence-electron chi connectivity index (χ1n) is 27.2. The normalized spacial score (nSPS) is 13.7. The summed E-state index contributed by atoms with van der Waals surface area (Å²) in [5, 5.41) is 12.7. The molecule has 4 aliphatic heterocycles. The van der Waals surface area contributed by atoms with Gasteiger partial charge in [0.2, 0.25) is 22.8 Å². The lowest BCUT2D eigenvalue weighted by Crippen LogP contribution is -2.43. The van der Waals surface area contributed by atoms with Crippen LogP contribution in [0.1, 0.15) is 62.6 Å². The van der Waals surface area contributed by atoms with Gasteiger partial charge in [0.25, 0.3) is 0 Å². The molecule has 4 aromatic heterocycles. The van der Waals surface area contributed by atoms with E-state index in [1.807, 2.05) is 0 Å². The van der Waals surface area contributed by atoms with Crippen LogP contribution in [0.3, 0.4) is 0 Å². The monoisotopic (exact) mass is 1390 g/mol. The Morgan fingerprint density at radius 1 is 0.387 bits per heavy atom. The Kier molecular flexibility index (Phi) is 22.1. The maximum atomic E-state index is 10.7. The van der Waals surface area contributed by atoms with Crippen LogP contribution in [-0.4, -0.2) is 73.9 Å². The highest BCUT2D eigenvalue weighted by atomic mass is 32.2. The number of hydrogen-bond donors (Lipinski definition) is 0. The SMILES string of the molecule is CC#N.Cc1cc[n+]2c(c1)-c1c(c(C)c(C)c3c1-c1c4ccccc4cc[n+]1CC3)CC2.Cc1cc[n+]2c(c1)-c1c(c(C)c(C)c3c1-c1c4ccccc4cc[n+]1CC3)CC2.O=S(=O)([O-])C(F)(F)F.O=S(=O)([O-])C(F)(F)F.O=S(=O)([O-])C(F)(F)F.O=S(=O)([O-])C(F)(F)F. The van der Waals surface area contributed by atoms with Crippen LogP contribution in [0.4, 0.5) is 52.7 Å². The Bertz CT molecular complexity index is 4370. The molecule has 500 valence electrons. The van der Waals surface area contributed by atoms with E-state index in [1.165, 1.54) is 107 Å². The maximum absolute atomic E-state index is 10.7. The predicted octanol–water partition coefficient (Wildman–Crippen LogP) is 10.3. The zero-order chi connectivity index (χ0) is 70.1. The number of pyridine rings is 4. The van der Waals surface area contributed by atoms with Gasteiger partial charge in [0.1, 0.15) is 0 Å². The van der Waals surface area contributed by atoms with Crippen molar-refractivity contribution < 1.29 is 123 Å². The van der Waals surface area contributed by atoms with E-state index in [4.69, 9.17) is 57.1 Å². The van der Waals surface area contributed by atoms with Crippen LogP contribution in [0, 0.1) is 52.9 Å². The largest absolute Gasteiger partial charge is 0.741 e. The molecule has 17 nitrogen and oxygen atoms in total. The van der Waals surface area contributed by atoms with Crippen molar-refractivity contribution in [2.24, 2.45) is 0 Å². The summed E-state index contributed by atoms with van der Waals surface area (Å²) in [5.41, 5.74) is 3.74. The van der Waals surface area contributed by atoms with E-state index >= 15 is 0 Å². The van der Waals surface area contributed by atoms with E-state index < -0.39 is 62.5 Å². The molecule has 0 bridgehead atoms. The summed E-state index contributed by atoms with van der Waals surface area (Å²) < 4.78 is 245. The average molecular weight is 1390 g/mol. The third-order valence-electron chi connectivity index (χ3n) is 15.4. The highest BCUT2D eigenvalue weighted by molar-refractivity contribution is 7.87. The lowest BCUT2D eigenvalue weighted by atomic mass is 9.79. The fourth-order valence-corrected chi connectivity index (χ4v) is 11.1. The molecular weight excluding hydrogens is 1340 g/mol. The second-order valence-corrected chi connectivity index (χ2v) is 26.7. The van der Waals surface area contributed by atoms with Crippen LogP contribution in [0.25, 0.3) is 66.6 Å². The van der Waals surface area contributed by atoms with Crippen molar-refractivity contribution in [2.45, 2.75) is 122 Å². The molecule has 0 fully saturated rings. The van der Waals surface area contributed by atoms with Crippen molar-refractivity contribution in [3.8, 4) is 51.1 Å². The molecule has 0 radical (unpaired) electrons. The van der Waals surface area contributed by atoms with E-state index in [2.05, 4.69) is 170 Å². The van der Waals surface area contributed by atoms with Gasteiger partial charge in [0.05, 0.1) is 39.1 Å². The zero-order valence-corrected chi connectivity index (χ0v) is 53.1. The van der Waals surface area contributed by atoms with Crippen LogP contribution in [-0.2, 0) is 92.3 Å². The highest BCUT2D eigenvalue weighted by Crippen LogP contribution is 2.47. The standard InChI is InChI=1S/2C27H26N2.C2H3N.4CHF3O3S/c2*1-17-8-12-28-14-10-21-18(2)19(3)22-11-15-29-13-9-20-6-4-5-7-23(20)27(29)26(22)25(21)24(28)16-17;1-2-3;4*2-1(3,4)8(5,6)7/h2*4-9,12-13,16H,10-11,14-15H2,1-3H3;1H3;4*(H,5,6,7)/q2*+2;;;;;/p-4. The molecule has 8 heterocycles. The number of aromatic nitrogens is 4. The van der Waals surface area contributed by atoms with E-state index in [1.54, 1.807) is 28.3 Å². The maximum Gasteiger partial charge on any atom is 0.485 e. The molecule has 0 aliphatic carbocycles. The average Bonchev–Trinajstić information content (AvgIpc) is 0.724. The number of alkyl halides is 12. The van der Waals surface area contributed by atoms with E-state index in [0.29, 0.717) is 0 Å². The van der Waals surface area contributed by atoms with Crippen LogP contribution in [0.15, 0.2) is 110 Å². The molecule has 0 saturated carbocycles. The molecule has 0 N–H and O–H groups in total. The van der Waals surface area contributed by atoms with Gasteiger partial charge in [-0.25, -0.2) is 33.7 Å². The van der Waals surface area contributed by atoms with E-state index in [9.17, 15) is 52.7 Å². The fourth-order valence-electron chi connectivity index (χ4n) is 11.1. The molecule has 33 heteroatoms. The fraction of sp³-hybridized carbons (Fsp3) is 0.317. The Morgan fingerprint density at radius 2 is 0.613 bits per heavy atom. The summed E-state index contributed by atoms with van der Waals surface area (Å²) in [4.78, 5) is 0. The number of hydrogen-bond acceptors (Lipinski definition) is 13. The molecule has 12 rings (SSSR count). The molecule has 0 unspecified atom stereocenters. The number of rotatable bonds is 0. The van der Waals surface area contributed by atoms with E-state index in [0.717, 1.165) is 51.9 Å². The van der Waals surface area contributed by atoms with Crippen LogP contribution in [0.5, 0.6) is 0 Å². The van der Waals surface area contributed by atoms with Crippen molar-refractivity contribution in [1.29, 1.82) is 5.26 Å². The minimum atomic E-state index is -6.09. The zero-order valence-electron chi connectivity index (χ0n) is 49.9. The molecule has 0 amide bonds. The van der Waals surface area contributed by atoms with Crippen molar-refractivity contribution in [3.05, 3.63) is 165 Å². The third kappa shape index (κ3) is 16.4. The van der Waals surface area contributed by atoms with Gasteiger partial charge in [-0.1, -0.05) is 36.4 Å². The minimum Gasteiger partial charge on any atom is -0.741 e. The predicted molar refractivity (Wildman–Crippen MR) is 308 cm³/mol. The van der Waals surface area contributed by atoms with Crippen molar-refractivity contribution in [1.82, 2.24) is 0 Å². The first-order chi connectivity index (χ1) is 42.7. The number of halogens is 12. The second kappa shape index (κ2) is 27.7. The van der Waals surface area contributed by atoms with Crippen LogP contribution >= 0.6 is 0 Å². The van der Waals surface area contributed by atoms with Crippen LogP contribution in [0.2, 0.25) is 0 Å². The first-order valence-corrected chi connectivity index (χ1v) is 32.8. The molecule has 93 heavy (non-hydrogen) atoms. The summed E-state index contributed by atoms with van der Waals surface area (Å²) in [7, 11) is -24.4. The summed E-state index contributed by atoms with van der Waals surface area (Å²) in [6.07, 6.45) is 13.6. The molecule has 0 saturated heterocycles. The second-order valence-electron chi connectivity index (χ2n) is 21.2. The Labute approximate surface area is 526 Å². The Morgan fingerprint density at radius 3 is 0.871 bits per heavy atom. The quantitative estimate of drug-likeness (QED) is 0.0592.